The molecule has 2 atom stereocenters. The maximum Gasteiger partial charge on any atom is 0.319 e. The van der Waals surface area contributed by atoms with Crippen molar-refractivity contribution in [3.63, 3.8) is 0 Å². The Hall–Kier alpha value is -4.23. The van der Waals surface area contributed by atoms with E-state index in [4.69, 9.17) is 18.9 Å². The molecule has 0 unspecified atom stereocenters. The summed E-state index contributed by atoms with van der Waals surface area (Å²) in [7, 11) is 2.81. The molecule has 0 amide bonds. The summed E-state index contributed by atoms with van der Waals surface area (Å²) in [5, 5.41) is 4.61. The lowest BCUT2D eigenvalue weighted by molar-refractivity contribution is -0.140. The molecule has 2 aliphatic heterocycles. The first kappa shape index (κ1) is 32.7. The van der Waals surface area contributed by atoms with Crippen molar-refractivity contribution in [2.24, 2.45) is 0 Å². The molecule has 2 aliphatic rings. The molecule has 10 nitrogen and oxygen atoms in total. The van der Waals surface area contributed by atoms with Crippen LogP contribution in [-0.4, -0.2) is 84.8 Å². The topological polar surface area (TPSA) is 108 Å². The lowest BCUT2D eigenvalue weighted by Gasteiger charge is -2.30. The Labute approximate surface area is 270 Å². The Kier molecular flexibility index (Phi) is 9.65. The smallest absolute Gasteiger partial charge is 0.319 e. The zero-order valence-corrected chi connectivity index (χ0v) is 26.7. The van der Waals surface area contributed by atoms with E-state index in [2.05, 4.69) is 25.2 Å². The van der Waals surface area contributed by atoms with Crippen LogP contribution in [0.15, 0.2) is 30.5 Å². The second-order valence-corrected chi connectivity index (χ2v) is 12.0. The molecule has 0 radical (unpaired) electrons. The molecular weight excluding hydrogens is 615 g/mol. The van der Waals surface area contributed by atoms with E-state index in [0.29, 0.717) is 65.4 Å². The largest absolute Gasteiger partial charge is 0.469 e. The van der Waals surface area contributed by atoms with E-state index in [-0.39, 0.29) is 48.8 Å². The van der Waals surface area contributed by atoms with Crippen molar-refractivity contribution in [3.05, 3.63) is 47.7 Å². The summed E-state index contributed by atoms with van der Waals surface area (Å²) in [4.78, 5) is 27.3. The number of anilines is 1. The maximum atomic E-state index is 16.8. The molecule has 4 aromatic rings. The Balaban J connectivity index is 1.44. The highest BCUT2D eigenvalue weighted by Crippen LogP contribution is 2.41. The lowest BCUT2D eigenvalue weighted by Crippen LogP contribution is -2.43. The van der Waals surface area contributed by atoms with Crippen molar-refractivity contribution in [2.75, 3.05) is 52.6 Å². The highest BCUT2D eigenvalue weighted by molar-refractivity contribution is 6.01. The fraction of sp³-hybridized carbons (Fsp3) is 0.471. The molecule has 2 fully saturated rings. The first-order valence-electron chi connectivity index (χ1n) is 15.8. The second kappa shape index (κ2) is 13.9. The standard InChI is InChI=1S/C34H38F3N5O5/c1-4-23-26(36)9-8-20-13-22(47-19-44-2)14-24(28(20)23)30-29(37)31-25(16-39-30)32(38-11-5-7-27(43)45-3)41-33(40-31)46-18-34-10-6-12-42(34)17-21(35)15-34/h8-9,13-14,16,21H,4-7,10-12,15,17-19H2,1-3H3,(H,38,40,41)/t21-,34+/m1/s1. The van der Waals surface area contributed by atoms with Gasteiger partial charge in [0.05, 0.1) is 18.0 Å². The van der Waals surface area contributed by atoms with E-state index in [9.17, 15) is 9.18 Å². The Morgan fingerprint density at radius 3 is 2.81 bits per heavy atom. The molecule has 0 spiro atoms. The third-order valence-electron chi connectivity index (χ3n) is 9.07. The quantitative estimate of drug-likeness (QED) is 0.105. The summed E-state index contributed by atoms with van der Waals surface area (Å²) >= 11 is 0. The fourth-order valence-corrected chi connectivity index (χ4v) is 6.84. The van der Waals surface area contributed by atoms with Gasteiger partial charge in [-0.15, -0.1) is 0 Å². The molecule has 2 aromatic carbocycles. The number of ether oxygens (including phenoxy) is 4. The highest BCUT2D eigenvalue weighted by Gasteiger charge is 2.49. The van der Waals surface area contributed by atoms with E-state index >= 15 is 8.78 Å². The molecule has 0 bridgehead atoms. The van der Waals surface area contributed by atoms with Crippen LogP contribution in [-0.2, 0) is 20.7 Å². The minimum atomic E-state index is -0.939. The van der Waals surface area contributed by atoms with Crippen LogP contribution in [0.2, 0.25) is 0 Å². The molecule has 1 N–H and O–H groups in total. The number of alkyl halides is 1. The zero-order valence-electron chi connectivity index (χ0n) is 26.7. The van der Waals surface area contributed by atoms with Gasteiger partial charge in [0, 0.05) is 44.8 Å². The van der Waals surface area contributed by atoms with Crippen LogP contribution in [0.25, 0.3) is 32.9 Å². The third-order valence-corrected chi connectivity index (χ3v) is 9.07. The summed E-state index contributed by atoms with van der Waals surface area (Å²) in [5.74, 6) is -0.852. The molecule has 6 rings (SSSR count). The predicted molar refractivity (Wildman–Crippen MR) is 170 cm³/mol. The number of nitrogens with one attached hydrogen (secondary N) is 1. The van der Waals surface area contributed by atoms with Gasteiger partial charge in [0.15, 0.2) is 12.6 Å². The predicted octanol–water partition coefficient (Wildman–Crippen LogP) is 5.99. The minimum absolute atomic E-state index is 0.0403. The van der Waals surface area contributed by atoms with Crippen molar-refractivity contribution in [2.45, 2.75) is 57.2 Å². The van der Waals surface area contributed by atoms with Crippen molar-refractivity contribution in [1.29, 1.82) is 0 Å². The van der Waals surface area contributed by atoms with E-state index in [1.165, 1.54) is 26.5 Å². The zero-order chi connectivity index (χ0) is 33.1. The van der Waals surface area contributed by atoms with Gasteiger partial charge in [-0.25, -0.2) is 13.2 Å². The van der Waals surface area contributed by atoms with E-state index in [0.717, 1.165) is 19.4 Å². The number of fused-ring (bicyclic) bond motifs is 3. The van der Waals surface area contributed by atoms with Gasteiger partial charge in [-0.05, 0) is 66.8 Å². The fourth-order valence-electron chi connectivity index (χ4n) is 6.84. The number of hydrogen-bond donors (Lipinski definition) is 1. The van der Waals surface area contributed by atoms with Crippen LogP contribution in [0.4, 0.5) is 19.0 Å². The SMILES string of the molecule is CCc1c(F)ccc2cc(OCOC)cc(-c3ncc4c(NCCCC(=O)OC)nc(OC[C@@]56CCCN5C[C@H](F)C6)nc4c3F)c12. The number of esters is 1. The van der Waals surface area contributed by atoms with Crippen molar-refractivity contribution in [3.8, 4) is 23.0 Å². The number of nitrogens with zero attached hydrogens (tertiary/aromatic N) is 4. The number of aromatic nitrogens is 3. The number of carbonyl (C=O) groups excluding carboxylic acids is 1. The number of methoxy groups -OCH3 is 2. The summed E-state index contributed by atoms with van der Waals surface area (Å²) in [6.45, 7) is 3.43. The van der Waals surface area contributed by atoms with Crippen LogP contribution in [0.5, 0.6) is 11.8 Å². The number of rotatable bonds is 13. The molecular formula is C34H38F3N5O5. The number of pyridine rings is 1. The first-order chi connectivity index (χ1) is 22.8. The highest BCUT2D eigenvalue weighted by atomic mass is 19.1. The van der Waals surface area contributed by atoms with E-state index in [1.807, 2.05) is 6.92 Å². The number of benzene rings is 2. The van der Waals surface area contributed by atoms with Crippen molar-refractivity contribution < 1.29 is 36.9 Å². The summed E-state index contributed by atoms with van der Waals surface area (Å²) in [5.41, 5.74) is 0.175. The molecule has 2 aromatic heterocycles. The average molecular weight is 654 g/mol. The van der Waals surface area contributed by atoms with Crippen LogP contribution in [0.3, 0.4) is 0 Å². The number of carbonyl (C=O) groups is 1. The monoisotopic (exact) mass is 653 g/mol. The molecule has 0 aliphatic carbocycles. The molecule has 47 heavy (non-hydrogen) atoms. The Morgan fingerprint density at radius 2 is 2.02 bits per heavy atom. The summed E-state index contributed by atoms with van der Waals surface area (Å²) in [6, 6.07) is 6.28. The van der Waals surface area contributed by atoms with Crippen LogP contribution in [0.1, 0.15) is 44.6 Å². The van der Waals surface area contributed by atoms with Gasteiger partial charge in [0.1, 0.15) is 41.4 Å². The summed E-state index contributed by atoms with van der Waals surface area (Å²) in [6.07, 6.45) is 3.57. The van der Waals surface area contributed by atoms with Gasteiger partial charge in [0.2, 0.25) is 0 Å². The minimum Gasteiger partial charge on any atom is -0.469 e. The van der Waals surface area contributed by atoms with Gasteiger partial charge in [-0.1, -0.05) is 13.0 Å². The number of halogens is 3. The van der Waals surface area contributed by atoms with E-state index < -0.39 is 23.3 Å². The van der Waals surface area contributed by atoms with Crippen LogP contribution >= 0.6 is 0 Å². The van der Waals surface area contributed by atoms with Gasteiger partial charge in [-0.2, -0.15) is 9.97 Å². The number of hydrogen-bond acceptors (Lipinski definition) is 10. The number of aryl methyl sites for hydroxylation is 1. The van der Waals surface area contributed by atoms with Crippen LogP contribution in [0, 0.1) is 11.6 Å². The van der Waals surface area contributed by atoms with Gasteiger partial charge in [-0.3, -0.25) is 14.7 Å². The van der Waals surface area contributed by atoms with E-state index in [1.54, 1.807) is 18.2 Å². The van der Waals surface area contributed by atoms with Crippen molar-refractivity contribution >= 4 is 33.5 Å². The van der Waals surface area contributed by atoms with Gasteiger partial charge < -0.3 is 24.3 Å². The molecule has 250 valence electrons. The van der Waals surface area contributed by atoms with Crippen LogP contribution < -0.4 is 14.8 Å². The molecule has 0 saturated carbocycles. The molecule has 2 saturated heterocycles. The Bertz CT molecular complexity index is 1790. The van der Waals surface area contributed by atoms with Gasteiger partial charge >= 0.3 is 12.0 Å². The Morgan fingerprint density at radius 1 is 1.17 bits per heavy atom. The summed E-state index contributed by atoms with van der Waals surface area (Å²) < 4.78 is 67.9. The molecule has 4 heterocycles. The first-order valence-corrected chi connectivity index (χ1v) is 15.8. The normalized spacial score (nSPS) is 19.3. The second-order valence-electron chi connectivity index (χ2n) is 12.0. The molecule has 13 heteroatoms. The van der Waals surface area contributed by atoms with Gasteiger partial charge in [0.25, 0.3) is 0 Å². The van der Waals surface area contributed by atoms with Crippen molar-refractivity contribution in [1.82, 2.24) is 19.9 Å². The average Bonchev–Trinajstić information content (AvgIpc) is 3.60. The lowest BCUT2D eigenvalue weighted by atomic mass is 9.94. The third kappa shape index (κ3) is 6.51. The maximum absolute atomic E-state index is 16.8.